The lowest BCUT2D eigenvalue weighted by Gasteiger charge is -2.13. The maximum absolute atomic E-state index is 6.03. The summed E-state index contributed by atoms with van der Waals surface area (Å²) in [5.74, 6) is 0. The molecule has 1 atom stereocenters. The fourth-order valence-electron chi connectivity index (χ4n) is 1.57. The van der Waals surface area contributed by atoms with E-state index in [2.05, 4.69) is 26.2 Å². The Bertz CT molecular complexity index is 289. The van der Waals surface area contributed by atoms with E-state index in [0.29, 0.717) is 4.83 Å². The Morgan fingerprint density at radius 1 is 1.69 bits per heavy atom. The van der Waals surface area contributed by atoms with Crippen LogP contribution in [-0.4, -0.2) is 22.8 Å². The zero-order valence-corrected chi connectivity index (χ0v) is 10.3. The van der Waals surface area contributed by atoms with Crippen LogP contribution in [0.1, 0.15) is 11.3 Å². The number of rotatable bonds is 2. The second-order valence-corrected chi connectivity index (χ2v) is 6.02. The van der Waals surface area contributed by atoms with Crippen LogP contribution in [0.4, 0.5) is 0 Å². The maximum atomic E-state index is 6.03. The van der Waals surface area contributed by atoms with E-state index in [1.165, 1.54) is 17.8 Å². The van der Waals surface area contributed by atoms with E-state index in [-0.39, 0.29) is 0 Å². The van der Waals surface area contributed by atoms with Crippen molar-refractivity contribution in [2.24, 2.45) is 0 Å². The van der Waals surface area contributed by atoms with Gasteiger partial charge in [0.2, 0.25) is 0 Å². The molecule has 0 saturated carbocycles. The quantitative estimate of drug-likeness (QED) is 0.751. The molecule has 1 nitrogen and oxygen atoms in total. The molecule has 2 heterocycles. The van der Waals surface area contributed by atoms with Crippen LogP contribution in [0.15, 0.2) is 11.4 Å². The molecule has 1 aliphatic rings. The molecule has 1 aliphatic heterocycles. The summed E-state index contributed by atoms with van der Waals surface area (Å²) in [5, 5.41) is 2.97. The predicted molar refractivity (Wildman–Crippen MR) is 61.9 cm³/mol. The monoisotopic (exact) mass is 279 g/mol. The lowest BCUT2D eigenvalue weighted by Crippen LogP contribution is -2.19. The molecule has 1 unspecified atom stereocenters. The molecule has 4 heteroatoms. The van der Waals surface area contributed by atoms with Gasteiger partial charge in [-0.3, -0.25) is 4.90 Å². The molecule has 1 saturated heterocycles. The number of thiophene rings is 1. The van der Waals surface area contributed by atoms with Crippen molar-refractivity contribution in [1.29, 1.82) is 0 Å². The zero-order valence-electron chi connectivity index (χ0n) is 7.17. The lowest BCUT2D eigenvalue weighted by atomic mass is 10.4. The summed E-state index contributed by atoms with van der Waals surface area (Å²) < 4.78 is 0. The standard InChI is InChI=1S/C9H11BrClNS/c10-7-1-3-12(5-7)6-9-8(11)2-4-13-9/h2,4,7H,1,3,5-6H2. The Hall–Kier alpha value is 0.430. The Labute approximate surface area is 95.8 Å². The van der Waals surface area contributed by atoms with Crippen molar-refractivity contribution in [2.45, 2.75) is 17.8 Å². The van der Waals surface area contributed by atoms with Gasteiger partial charge in [0.1, 0.15) is 0 Å². The Morgan fingerprint density at radius 3 is 3.08 bits per heavy atom. The maximum Gasteiger partial charge on any atom is 0.0558 e. The number of alkyl halides is 1. The van der Waals surface area contributed by atoms with Gasteiger partial charge in [0, 0.05) is 22.8 Å². The van der Waals surface area contributed by atoms with Crippen molar-refractivity contribution in [3.8, 4) is 0 Å². The minimum absolute atomic E-state index is 0.672. The minimum Gasteiger partial charge on any atom is -0.297 e. The van der Waals surface area contributed by atoms with E-state index < -0.39 is 0 Å². The third-order valence-electron chi connectivity index (χ3n) is 2.27. The minimum atomic E-state index is 0.672. The third-order valence-corrected chi connectivity index (χ3v) is 4.39. The molecule has 0 bridgehead atoms. The molecular formula is C9H11BrClNS. The van der Waals surface area contributed by atoms with Gasteiger partial charge >= 0.3 is 0 Å². The van der Waals surface area contributed by atoms with E-state index in [1.54, 1.807) is 11.3 Å². The van der Waals surface area contributed by atoms with E-state index >= 15 is 0 Å². The summed E-state index contributed by atoms with van der Waals surface area (Å²) >= 11 is 11.4. The smallest absolute Gasteiger partial charge is 0.0558 e. The molecule has 2 rings (SSSR count). The first kappa shape index (κ1) is 9.97. The average Bonchev–Trinajstić information content (AvgIpc) is 2.64. The molecule has 1 fully saturated rings. The highest BCUT2D eigenvalue weighted by Gasteiger charge is 2.20. The van der Waals surface area contributed by atoms with Gasteiger partial charge in [-0.15, -0.1) is 11.3 Å². The second kappa shape index (κ2) is 4.30. The largest absolute Gasteiger partial charge is 0.297 e. The van der Waals surface area contributed by atoms with E-state index in [0.717, 1.165) is 18.1 Å². The lowest BCUT2D eigenvalue weighted by molar-refractivity contribution is 0.336. The van der Waals surface area contributed by atoms with Crippen LogP contribution in [-0.2, 0) is 6.54 Å². The van der Waals surface area contributed by atoms with Gasteiger partial charge in [0.05, 0.1) is 5.02 Å². The molecule has 0 N–H and O–H groups in total. The molecule has 0 radical (unpaired) electrons. The number of hydrogen-bond donors (Lipinski definition) is 0. The molecule has 0 spiro atoms. The fourth-order valence-corrected chi connectivity index (χ4v) is 3.32. The average molecular weight is 281 g/mol. The molecule has 72 valence electrons. The van der Waals surface area contributed by atoms with Crippen molar-refractivity contribution < 1.29 is 0 Å². The van der Waals surface area contributed by atoms with Gasteiger partial charge in [0.15, 0.2) is 0 Å². The predicted octanol–water partition coefficient (Wildman–Crippen LogP) is 3.37. The normalized spacial score (nSPS) is 24.0. The number of nitrogens with zero attached hydrogens (tertiary/aromatic N) is 1. The van der Waals surface area contributed by atoms with Crippen molar-refractivity contribution >= 4 is 38.9 Å². The SMILES string of the molecule is Clc1ccsc1CN1CCC(Br)C1. The van der Waals surface area contributed by atoms with Crippen molar-refractivity contribution in [1.82, 2.24) is 4.90 Å². The van der Waals surface area contributed by atoms with Gasteiger partial charge in [-0.2, -0.15) is 0 Å². The molecule has 1 aromatic rings. The summed E-state index contributed by atoms with van der Waals surface area (Å²) in [4.78, 5) is 4.41. The van der Waals surface area contributed by atoms with Gasteiger partial charge in [-0.05, 0) is 24.4 Å². The summed E-state index contributed by atoms with van der Waals surface area (Å²) in [6.45, 7) is 3.34. The van der Waals surface area contributed by atoms with E-state index in [4.69, 9.17) is 11.6 Å². The highest BCUT2D eigenvalue weighted by molar-refractivity contribution is 9.09. The van der Waals surface area contributed by atoms with Gasteiger partial charge in [-0.1, -0.05) is 27.5 Å². The molecule has 0 amide bonds. The summed E-state index contributed by atoms with van der Waals surface area (Å²) in [6, 6.07) is 1.98. The number of halogens is 2. The Kier molecular flexibility index (Phi) is 3.30. The topological polar surface area (TPSA) is 3.24 Å². The Balaban J connectivity index is 1.95. The van der Waals surface area contributed by atoms with Crippen LogP contribution in [0, 0.1) is 0 Å². The molecule has 1 aromatic heterocycles. The first-order chi connectivity index (χ1) is 6.25. The molecular weight excluding hydrogens is 270 g/mol. The van der Waals surface area contributed by atoms with Gasteiger partial charge in [-0.25, -0.2) is 0 Å². The first-order valence-electron chi connectivity index (χ1n) is 4.34. The van der Waals surface area contributed by atoms with E-state index in [1.807, 2.05) is 6.07 Å². The fraction of sp³-hybridized carbons (Fsp3) is 0.556. The van der Waals surface area contributed by atoms with E-state index in [9.17, 15) is 0 Å². The summed E-state index contributed by atoms with van der Waals surface area (Å²) in [5.41, 5.74) is 0. The van der Waals surface area contributed by atoms with Crippen molar-refractivity contribution in [3.05, 3.63) is 21.3 Å². The first-order valence-corrected chi connectivity index (χ1v) is 6.51. The number of likely N-dealkylation sites (tertiary alicyclic amines) is 1. The highest BCUT2D eigenvalue weighted by Crippen LogP contribution is 2.26. The highest BCUT2D eigenvalue weighted by atomic mass is 79.9. The molecule has 0 aromatic carbocycles. The van der Waals surface area contributed by atoms with Crippen LogP contribution in [0.5, 0.6) is 0 Å². The summed E-state index contributed by atoms with van der Waals surface area (Å²) in [7, 11) is 0. The van der Waals surface area contributed by atoms with Crippen LogP contribution in [0.25, 0.3) is 0 Å². The van der Waals surface area contributed by atoms with Crippen molar-refractivity contribution in [3.63, 3.8) is 0 Å². The molecule has 13 heavy (non-hydrogen) atoms. The third kappa shape index (κ3) is 2.46. The second-order valence-electron chi connectivity index (χ2n) is 3.31. The molecule has 0 aliphatic carbocycles. The van der Waals surface area contributed by atoms with Gasteiger partial charge in [0.25, 0.3) is 0 Å². The van der Waals surface area contributed by atoms with Crippen LogP contribution >= 0.6 is 38.9 Å². The van der Waals surface area contributed by atoms with Gasteiger partial charge < -0.3 is 0 Å². The summed E-state index contributed by atoms with van der Waals surface area (Å²) in [6.07, 6.45) is 1.25. The van der Waals surface area contributed by atoms with Crippen molar-refractivity contribution in [2.75, 3.05) is 13.1 Å². The Morgan fingerprint density at radius 2 is 2.54 bits per heavy atom. The van der Waals surface area contributed by atoms with Crippen LogP contribution in [0.2, 0.25) is 5.02 Å². The number of hydrogen-bond acceptors (Lipinski definition) is 2. The van der Waals surface area contributed by atoms with Crippen LogP contribution < -0.4 is 0 Å². The van der Waals surface area contributed by atoms with Crippen LogP contribution in [0.3, 0.4) is 0 Å². The zero-order chi connectivity index (χ0) is 9.26.